The number of rotatable bonds is 3. The van der Waals surface area contributed by atoms with Crippen molar-refractivity contribution in [2.24, 2.45) is 0 Å². The minimum absolute atomic E-state index is 0.0432. The van der Waals surface area contributed by atoms with Crippen LogP contribution in [0.2, 0.25) is 0 Å². The number of pyridine rings is 1. The molecule has 0 bridgehead atoms. The van der Waals surface area contributed by atoms with E-state index in [1.807, 2.05) is 36.4 Å². The smallest absolute Gasteiger partial charge is 0.249 e. The largest absolute Gasteiger partial charge is 0.358 e. The van der Waals surface area contributed by atoms with E-state index in [0.717, 1.165) is 25.1 Å². The minimum atomic E-state index is -0.310. The summed E-state index contributed by atoms with van der Waals surface area (Å²) in [7, 11) is 0. The number of hydrogen-bond donors (Lipinski definition) is 1. The first-order valence-corrected chi connectivity index (χ1v) is 7.28. The summed E-state index contributed by atoms with van der Waals surface area (Å²) in [4.78, 5) is 18.6. The van der Waals surface area contributed by atoms with Gasteiger partial charge in [0.05, 0.1) is 0 Å². The zero-order valence-electron chi connectivity index (χ0n) is 12.1. The number of hydrogen-bond acceptors (Lipinski definition) is 4. The molecule has 22 heavy (non-hydrogen) atoms. The van der Waals surface area contributed by atoms with E-state index in [9.17, 15) is 4.79 Å². The normalized spacial score (nSPS) is 17.9. The van der Waals surface area contributed by atoms with Crippen LogP contribution in [0.25, 0.3) is 0 Å². The fourth-order valence-corrected chi connectivity index (χ4v) is 2.63. The second-order valence-corrected chi connectivity index (χ2v) is 5.18. The van der Waals surface area contributed by atoms with Crippen molar-refractivity contribution in [2.75, 3.05) is 16.8 Å². The predicted molar refractivity (Wildman–Crippen MR) is 84.4 cm³/mol. The molecule has 0 spiro atoms. The van der Waals surface area contributed by atoms with Crippen molar-refractivity contribution in [2.45, 2.75) is 18.9 Å². The lowest BCUT2D eigenvalue weighted by molar-refractivity contribution is -0.120. The molecule has 0 aliphatic carbocycles. The third kappa shape index (κ3) is 2.91. The summed E-state index contributed by atoms with van der Waals surface area (Å²) in [6.45, 7) is 0.729. The Balaban J connectivity index is 1.77. The number of piperidine rings is 1. The van der Waals surface area contributed by atoms with E-state index >= 15 is 0 Å². The van der Waals surface area contributed by atoms with Gasteiger partial charge in [0.2, 0.25) is 5.91 Å². The highest BCUT2D eigenvalue weighted by Gasteiger charge is 2.29. The SMILES string of the molecule is N#Cc1cccc(NC2CCCN(c3ccccc3)C2=O)n1. The lowest BCUT2D eigenvalue weighted by atomic mass is 10.0. The molecule has 0 radical (unpaired) electrons. The Morgan fingerprint density at radius 3 is 2.77 bits per heavy atom. The fraction of sp³-hybridized carbons (Fsp3) is 0.235. The Kier molecular flexibility index (Phi) is 4.01. The molecule has 1 aromatic heterocycles. The van der Waals surface area contributed by atoms with Gasteiger partial charge in [-0.15, -0.1) is 0 Å². The van der Waals surface area contributed by atoms with Crippen LogP contribution in [0, 0.1) is 11.3 Å². The van der Waals surface area contributed by atoms with Crippen molar-refractivity contribution in [3.63, 3.8) is 0 Å². The average Bonchev–Trinajstić information content (AvgIpc) is 2.58. The van der Waals surface area contributed by atoms with Gasteiger partial charge in [-0.1, -0.05) is 24.3 Å². The summed E-state index contributed by atoms with van der Waals surface area (Å²) in [6, 6.07) is 16.5. The number of aromatic nitrogens is 1. The van der Waals surface area contributed by atoms with E-state index in [4.69, 9.17) is 5.26 Å². The summed E-state index contributed by atoms with van der Waals surface area (Å²) in [5.41, 5.74) is 1.26. The van der Waals surface area contributed by atoms with Gasteiger partial charge in [0, 0.05) is 12.2 Å². The number of para-hydroxylation sites is 1. The molecule has 1 N–H and O–H groups in total. The molecule has 1 unspecified atom stereocenters. The first-order chi connectivity index (χ1) is 10.8. The summed E-state index contributed by atoms with van der Waals surface area (Å²) in [5, 5.41) is 12.0. The third-order valence-corrected chi connectivity index (χ3v) is 3.69. The number of nitrogens with zero attached hydrogens (tertiary/aromatic N) is 3. The lowest BCUT2D eigenvalue weighted by Gasteiger charge is -2.32. The maximum absolute atomic E-state index is 12.7. The fourth-order valence-electron chi connectivity index (χ4n) is 2.63. The molecule has 5 nitrogen and oxygen atoms in total. The van der Waals surface area contributed by atoms with Gasteiger partial charge in [0.15, 0.2) is 0 Å². The molecule has 5 heteroatoms. The minimum Gasteiger partial charge on any atom is -0.358 e. The van der Waals surface area contributed by atoms with Crippen molar-refractivity contribution in [1.82, 2.24) is 4.98 Å². The van der Waals surface area contributed by atoms with Gasteiger partial charge in [0.25, 0.3) is 0 Å². The molecular weight excluding hydrogens is 276 g/mol. The van der Waals surface area contributed by atoms with Crippen LogP contribution in [0.4, 0.5) is 11.5 Å². The Hall–Kier alpha value is -2.87. The third-order valence-electron chi connectivity index (χ3n) is 3.69. The van der Waals surface area contributed by atoms with Gasteiger partial charge in [-0.2, -0.15) is 5.26 Å². The number of nitriles is 1. The van der Waals surface area contributed by atoms with Crippen LogP contribution in [-0.2, 0) is 4.79 Å². The van der Waals surface area contributed by atoms with E-state index in [1.165, 1.54) is 0 Å². The van der Waals surface area contributed by atoms with E-state index < -0.39 is 0 Å². The van der Waals surface area contributed by atoms with Crippen molar-refractivity contribution < 1.29 is 4.79 Å². The number of carbonyl (C=O) groups excluding carboxylic acids is 1. The Bertz CT molecular complexity index is 708. The van der Waals surface area contributed by atoms with Gasteiger partial charge >= 0.3 is 0 Å². The van der Waals surface area contributed by atoms with Crippen LogP contribution in [0.1, 0.15) is 18.5 Å². The summed E-state index contributed by atoms with van der Waals surface area (Å²) < 4.78 is 0. The van der Waals surface area contributed by atoms with E-state index in [2.05, 4.69) is 10.3 Å². The second kappa shape index (κ2) is 6.27. The lowest BCUT2D eigenvalue weighted by Crippen LogP contribution is -2.47. The Labute approximate surface area is 129 Å². The van der Waals surface area contributed by atoms with E-state index in [1.54, 1.807) is 23.1 Å². The van der Waals surface area contributed by atoms with Crippen LogP contribution in [0.5, 0.6) is 0 Å². The van der Waals surface area contributed by atoms with Gasteiger partial charge in [-0.3, -0.25) is 4.79 Å². The van der Waals surface area contributed by atoms with Gasteiger partial charge in [0.1, 0.15) is 23.6 Å². The molecule has 1 aromatic carbocycles. The quantitative estimate of drug-likeness (QED) is 0.944. The molecular formula is C17H16N4O. The van der Waals surface area contributed by atoms with E-state index in [-0.39, 0.29) is 11.9 Å². The zero-order valence-corrected chi connectivity index (χ0v) is 12.1. The molecule has 1 saturated heterocycles. The van der Waals surface area contributed by atoms with Crippen LogP contribution in [0.3, 0.4) is 0 Å². The molecule has 1 aliphatic rings. The predicted octanol–water partition coefficient (Wildman–Crippen LogP) is 2.56. The number of anilines is 2. The van der Waals surface area contributed by atoms with Crippen LogP contribution in [0.15, 0.2) is 48.5 Å². The summed E-state index contributed by atoms with van der Waals surface area (Å²) in [5.74, 6) is 0.605. The highest BCUT2D eigenvalue weighted by molar-refractivity contribution is 5.99. The van der Waals surface area contributed by atoms with Gasteiger partial charge in [-0.25, -0.2) is 4.98 Å². The van der Waals surface area contributed by atoms with Crippen molar-refractivity contribution in [3.05, 3.63) is 54.2 Å². The molecule has 0 saturated carbocycles. The maximum Gasteiger partial charge on any atom is 0.249 e. The molecule has 3 rings (SSSR count). The first-order valence-electron chi connectivity index (χ1n) is 7.28. The van der Waals surface area contributed by atoms with Gasteiger partial charge < -0.3 is 10.2 Å². The highest BCUT2D eigenvalue weighted by Crippen LogP contribution is 2.22. The molecule has 2 aromatic rings. The van der Waals surface area contributed by atoms with Crippen molar-refractivity contribution >= 4 is 17.4 Å². The standard InChI is InChI=1S/C17H16N4O/c18-12-13-6-4-10-16(19-13)20-15-9-5-11-21(17(15)22)14-7-2-1-3-8-14/h1-4,6-8,10,15H,5,9,11H2,(H,19,20). The van der Waals surface area contributed by atoms with Crippen molar-refractivity contribution in [3.8, 4) is 6.07 Å². The van der Waals surface area contributed by atoms with Gasteiger partial charge in [-0.05, 0) is 37.1 Å². The first kappa shape index (κ1) is 14.1. The second-order valence-electron chi connectivity index (χ2n) is 5.18. The summed E-state index contributed by atoms with van der Waals surface area (Å²) in [6.07, 6.45) is 1.69. The number of carbonyl (C=O) groups is 1. The Morgan fingerprint density at radius 2 is 2.00 bits per heavy atom. The molecule has 1 aliphatic heterocycles. The van der Waals surface area contributed by atoms with Crippen LogP contribution in [-0.4, -0.2) is 23.5 Å². The number of amides is 1. The maximum atomic E-state index is 12.7. The van der Waals surface area contributed by atoms with E-state index in [0.29, 0.717) is 11.5 Å². The highest BCUT2D eigenvalue weighted by atomic mass is 16.2. The van der Waals surface area contributed by atoms with Crippen LogP contribution < -0.4 is 10.2 Å². The molecule has 2 heterocycles. The topological polar surface area (TPSA) is 69.0 Å². The molecule has 110 valence electrons. The molecule has 1 fully saturated rings. The molecule has 1 amide bonds. The average molecular weight is 292 g/mol. The van der Waals surface area contributed by atoms with Crippen LogP contribution >= 0.6 is 0 Å². The summed E-state index contributed by atoms with van der Waals surface area (Å²) >= 11 is 0. The molecule has 1 atom stereocenters. The monoisotopic (exact) mass is 292 g/mol. The zero-order chi connectivity index (χ0) is 15.4. The van der Waals surface area contributed by atoms with Crippen molar-refractivity contribution in [1.29, 1.82) is 5.26 Å². The number of nitrogens with one attached hydrogen (secondary N) is 1. The Morgan fingerprint density at radius 1 is 1.18 bits per heavy atom. The number of benzene rings is 1.